The standard InChI is InChI=1S/C15H20N2O3S/c18-15(16-12-8-9-21(19,20)10-12)17-14-7-3-5-11-4-1-2-6-13(11)14/h3,5,7,12H,1-2,4,6,8-10H2,(H2,16,17,18)/t12-/m0/s1. The molecule has 21 heavy (non-hydrogen) atoms. The number of urea groups is 1. The number of sulfone groups is 1. The molecule has 6 heteroatoms. The third-order valence-corrected chi connectivity index (χ3v) is 5.98. The lowest BCUT2D eigenvalue weighted by atomic mass is 9.90. The molecule has 1 aliphatic carbocycles. The fourth-order valence-corrected chi connectivity index (χ4v) is 4.82. The zero-order valence-electron chi connectivity index (χ0n) is 11.9. The minimum Gasteiger partial charge on any atom is -0.334 e. The number of carbonyl (C=O) groups is 1. The van der Waals surface area contributed by atoms with Crippen LogP contribution in [-0.4, -0.2) is 32.0 Å². The van der Waals surface area contributed by atoms with Crippen LogP contribution in [-0.2, 0) is 22.7 Å². The highest BCUT2D eigenvalue weighted by Gasteiger charge is 2.29. The third kappa shape index (κ3) is 3.37. The van der Waals surface area contributed by atoms with E-state index >= 15 is 0 Å². The fraction of sp³-hybridized carbons (Fsp3) is 0.533. The molecule has 1 fully saturated rings. The van der Waals surface area contributed by atoms with E-state index in [1.807, 2.05) is 12.1 Å². The number of carbonyl (C=O) groups excluding carboxylic acids is 1. The maximum atomic E-state index is 12.0. The second-order valence-corrected chi connectivity index (χ2v) is 8.08. The Morgan fingerprint density at radius 3 is 2.76 bits per heavy atom. The monoisotopic (exact) mass is 308 g/mol. The minimum absolute atomic E-state index is 0.0489. The Labute approximate surface area is 125 Å². The van der Waals surface area contributed by atoms with E-state index in [0.29, 0.717) is 6.42 Å². The molecule has 1 heterocycles. The molecule has 0 bridgehead atoms. The highest BCUT2D eigenvalue weighted by molar-refractivity contribution is 7.91. The van der Waals surface area contributed by atoms with Gasteiger partial charge in [0.15, 0.2) is 9.84 Å². The van der Waals surface area contributed by atoms with Gasteiger partial charge in [0.05, 0.1) is 11.5 Å². The van der Waals surface area contributed by atoms with Gasteiger partial charge in [0.2, 0.25) is 0 Å². The van der Waals surface area contributed by atoms with Crippen LogP contribution in [0, 0.1) is 0 Å². The second-order valence-electron chi connectivity index (χ2n) is 5.85. The summed E-state index contributed by atoms with van der Waals surface area (Å²) >= 11 is 0. The number of rotatable bonds is 2. The molecule has 0 saturated carbocycles. The van der Waals surface area contributed by atoms with Gasteiger partial charge in [-0.15, -0.1) is 0 Å². The number of benzene rings is 1. The maximum absolute atomic E-state index is 12.0. The Morgan fingerprint density at radius 2 is 2.00 bits per heavy atom. The summed E-state index contributed by atoms with van der Waals surface area (Å²) in [6, 6.07) is 5.40. The van der Waals surface area contributed by atoms with Crippen LogP contribution in [0.2, 0.25) is 0 Å². The molecule has 1 saturated heterocycles. The molecule has 0 aromatic heterocycles. The lowest BCUT2D eigenvalue weighted by Gasteiger charge is -2.20. The van der Waals surface area contributed by atoms with E-state index in [4.69, 9.17) is 0 Å². The van der Waals surface area contributed by atoms with E-state index in [1.165, 1.54) is 17.5 Å². The van der Waals surface area contributed by atoms with Gasteiger partial charge in [0.1, 0.15) is 0 Å². The molecule has 2 amide bonds. The van der Waals surface area contributed by atoms with E-state index < -0.39 is 9.84 Å². The number of aryl methyl sites for hydroxylation is 1. The number of anilines is 1. The third-order valence-electron chi connectivity index (χ3n) is 4.21. The number of amides is 2. The van der Waals surface area contributed by atoms with Crippen LogP contribution < -0.4 is 10.6 Å². The van der Waals surface area contributed by atoms with Gasteiger partial charge in [-0.3, -0.25) is 0 Å². The van der Waals surface area contributed by atoms with Crippen molar-refractivity contribution in [2.24, 2.45) is 0 Å². The van der Waals surface area contributed by atoms with Gasteiger partial charge in [-0.25, -0.2) is 13.2 Å². The SMILES string of the molecule is O=C(Nc1cccc2c1CCCC2)N[C@H]1CCS(=O)(=O)C1. The van der Waals surface area contributed by atoms with Crippen molar-refractivity contribution >= 4 is 21.6 Å². The number of fused-ring (bicyclic) bond motifs is 1. The van der Waals surface area contributed by atoms with Crippen LogP contribution in [0.4, 0.5) is 10.5 Å². The Hall–Kier alpha value is -1.56. The normalized spacial score (nSPS) is 23.3. The highest BCUT2D eigenvalue weighted by Crippen LogP contribution is 2.27. The lowest BCUT2D eigenvalue weighted by molar-refractivity contribution is 0.249. The van der Waals surface area contributed by atoms with Crippen LogP contribution in [0.25, 0.3) is 0 Å². The first-order valence-electron chi connectivity index (χ1n) is 7.42. The van der Waals surface area contributed by atoms with E-state index in [2.05, 4.69) is 16.7 Å². The van der Waals surface area contributed by atoms with Crippen LogP contribution in [0.5, 0.6) is 0 Å². The number of nitrogens with one attached hydrogen (secondary N) is 2. The van der Waals surface area contributed by atoms with Crippen molar-refractivity contribution in [3.05, 3.63) is 29.3 Å². The van der Waals surface area contributed by atoms with E-state index in [9.17, 15) is 13.2 Å². The molecular formula is C15H20N2O3S. The van der Waals surface area contributed by atoms with Crippen LogP contribution in [0.1, 0.15) is 30.4 Å². The van der Waals surface area contributed by atoms with Crippen LogP contribution >= 0.6 is 0 Å². The van der Waals surface area contributed by atoms with Gasteiger partial charge in [-0.2, -0.15) is 0 Å². The summed E-state index contributed by atoms with van der Waals surface area (Å²) in [5.74, 6) is 0.214. The quantitative estimate of drug-likeness (QED) is 0.876. The number of hydrogen-bond acceptors (Lipinski definition) is 3. The van der Waals surface area contributed by atoms with E-state index in [-0.39, 0.29) is 23.6 Å². The molecule has 0 radical (unpaired) electrons. The summed E-state index contributed by atoms with van der Waals surface area (Å²) in [4.78, 5) is 12.0. The maximum Gasteiger partial charge on any atom is 0.319 e. The topological polar surface area (TPSA) is 75.3 Å². The van der Waals surface area contributed by atoms with Gasteiger partial charge < -0.3 is 10.6 Å². The van der Waals surface area contributed by atoms with Crippen molar-refractivity contribution < 1.29 is 13.2 Å². The van der Waals surface area contributed by atoms with Gasteiger partial charge in [0.25, 0.3) is 0 Å². The molecule has 0 spiro atoms. The van der Waals surface area contributed by atoms with Crippen LogP contribution in [0.15, 0.2) is 18.2 Å². The van der Waals surface area contributed by atoms with Gasteiger partial charge in [-0.1, -0.05) is 12.1 Å². The van der Waals surface area contributed by atoms with Crippen molar-refractivity contribution in [2.45, 2.75) is 38.1 Å². The zero-order chi connectivity index (χ0) is 14.9. The molecule has 0 unspecified atom stereocenters. The molecule has 1 aromatic rings. The summed E-state index contributed by atoms with van der Waals surface area (Å²) in [5.41, 5.74) is 3.38. The minimum atomic E-state index is -2.97. The number of hydrogen-bond donors (Lipinski definition) is 2. The first-order valence-corrected chi connectivity index (χ1v) is 9.24. The van der Waals surface area contributed by atoms with Gasteiger partial charge >= 0.3 is 6.03 Å². The summed E-state index contributed by atoms with van der Waals surface area (Å²) in [6.45, 7) is 0. The highest BCUT2D eigenvalue weighted by atomic mass is 32.2. The predicted octanol–water partition coefficient (Wildman–Crippen LogP) is 1.87. The Morgan fingerprint density at radius 1 is 1.19 bits per heavy atom. The van der Waals surface area contributed by atoms with Crippen molar-refractivity contribution in [1.29, 1.82) is 0 Å². The summed E-state index contributed by atoms with van der Waals surface area (Å²) in [7, 11) is -2.97. The molecule has 1 atom stereocenters. The molecule has 2 aliphatic rings. The lowest BCUT2D eigenvalue weighted by Crippen LogP contribution is -2.38. The van der Waals surface area contributed by atoms with E-state index in [0.717, 1.165) is 24.9 Å². The summed E-state index contributed by atoms with van der Waals surface area (Å²) in [5, 5.41) is 5.64. The second kappa shape index (κ2) is 5.67. The fourth-order valence-electron chi connectivity index (χ4n) is 3.15. The average molecular weight is 308 g/mol. The van der Waals surface area contributed by atoms with E-state index in [1.54, 1.807) is 0 Å². The molecule has 2 N–H and O–H groups in total. The smallest absolute Gasteiger partial charge is 0.319 e. The molecule has 114 valence electrons. The first-order chi connectivity index (χ1) is 10.0. The largest absolute Gasteiger partial charge is 0.334 e. The first kappa shape index (κ1) is 14.4. The van der Waals surface area contributed by atoms with Crippen molar-refractivity contribution in [2.75, 3.05) is 16.8 Å². The molecule has 5 nitrogen and oxygen atoms in total. The zero-order valence-corrected chi connectivity index (χ0v) is 12.7. The van der Waals surface area contributed by atoms with Gasteiger partial charge in [0, 0.05) is 11.7 Å². The predicted molar refractivity (Wildman–Crippen MR) is 82.3 cm³/mol. The molecule has 1 aliphatic heterocycles. The molecule has 3 rings (SSSR count). The summed E-state index contributed by atoms with van der Waals surface area (Å²) < 4.78 is 22.8. The van der Waals surface area contributed by atoms with Crippen LogP contribution in [0.3, 0.4) is 0 Å². The van der Waals surface area contributed by atoms with Crippen molar-refractivity contribution in [3.8, 4) is 0 Å². The molecular weight excluding hydrogens is 288 g/mol. The summed E-state index contributed by atoms with van der Waals surface area (Å²) in [6.07, 6.45) is 4.90. The van der Waals surface area contributed by atoms with Gasteiger partial charge in [-0.05, 0) is 49.3 Å². The molecule has 1 aromatic carbocycles. The van der Waals surface area contributed by atoms with Crippen molar-refractivity contribution in [1.82, 2.24) is 5.32 Å². The Kier molecular flexibility index (Phi) is 3.89. The Balaban J connectivity index is 1.66. The Bertz CT molecular complexity index is 655. The average Bonchev–Trinajstić information content (AvgIpc) is 2.78. The van der Waals surface area contributed by atoms with Crippen molar-refractivity contribution in [3.63, 3.8) is 0 Å².